The summed E-state index contributed by atoms with van der Waals surface area (Å²) in [7, 11) is 0. The zero-order valence-corrected chi connectivity index (χ0v) is 14.1. The standard InChI is InChI=1S/C12H19Cl3O8/c13-1-4-7(17)10(20)12(3-14,22-4)23-11-9(19)8(18)6(15)5(2-16)21-11/h4-11,16-20H,1-3H2/t4-,5?,6-,7-,8+,9+,10+,11-,12-/m0/s1. The van der Waals surface area contributed by atoms with Crippen LogP contribution in [0.5, 0.6) is 0 Å². The molecule has 8 nitrogen and oxygen atoms in total. The minimum Gasteiger partial charge on any atom is -0.394 e. The molecule has 0 aliphatic carbocycles. The minimum absolute atomic E-state index is 0.125. The van der Waals surface area contributed by atoms with E-state index in [0.29, 0.717) is 0 Å². The monoisotopic (exact) mass is 396 g/mol. The van der Waals surface area contributed by atoms with Crippen LogP contribution in [0.25, 0.3) is 0 Å². The van der Waals surface area contributed by atoms with Crippen LogP contribution in [-0.4, -0.2) is 98.0 Å². The van der Waals surface area contributed by atoms with Crippen LogP contribution in [-0.2, 0) is 14.2 Å². The summed E-state index contributed by atoms with van der Waals surface area (Å²) in [6, 6.07) is 0. The van der Waals surface area contributed by atoms with Gasteiger partial charge in [0.25, 0.3) is 0 Å². The van der Waals surface area contributed by atoms with E-state index in [4.69, 9.17) is 49.0 Å². The van der Waals surface area contributed by atoms with E-state index in [9.17, 15) is 25.5 Å². The molecular formula is C12H19Cl3O8. The van der Waals surface area contributed by atoms with E-state index < -0.39 is 66.6 Å². The second-order valence-electron chi connectivity index (χ2n) is 5.46. The molecule has 2 rings (SSSR count). The summed E-state index contributed by atoms with van der Waals surface area (Å²) < 4.78 is 16.1. The predicted octanol–water partition coefficient (Wildman–Crippen LogP) is -1.66. The SMILES string of the molecule is OCC1O[C@@H](O[C@]2(CCl)O[C@@H](CCl)[C@H](O)[C@H]2O)[C@H](O)[C@H](O)[C@H]1Cl. The number of hydrogen-bond donors (Lipinski definition) is 5. The summed E-state index contributed by atoms with van der Waals surface area (Å²) in [6.45, 7) is -0.526. The maximum atomic E-state index is 10.1. The number of hydrogen-bond acceptors (Lipinski definition) is 8. The Morgan fingerprint density at radius 2 is 1.65 bits per heavy atom. The molecule has 2 saturated heterocycles. The van der Waals surface area contributed by atoms with Crippen molar-refractivity contribution in [2.75, 3.05) is 18.4 Å². The third-order valence-corrected chi connectivity index (χ3v) is 5.17. The van der Waals surface area contributed by atoms with Gasteiger partial charge in [-0.3, -0.25) is 0 Å². The number of rotatable bonds is 5. The van der Waals surface area contributed by atoms with Gasteiger partial charge < -0.3 is 39.7 Å². The first-order valence-corrected chi connectivity index (χ1v) is 8.42. The lowest BCUT2D eigenvalue weighted by atomic mass is 10.0. The fourth-order valence-electron chi connectivity index (χ4n) is 2.56. The van der Waals surface area contributed by atoms with Gasteiger partial charge >= 0.3 is 0 Å². The molecule has 0 bridgehead atoms. The average molecular weight is 398 g/mol. The van der Waals surface area contributed by atoms with Crippen LogP contribution in [0.2, 0.25) is 0 Å². The van der Waals surface area contributed by atoms with Crippen molar-refractivity contribution in [2.45, 2.75) is 54.1 Å². The third-order valence-electron chi connectivity index (χ3n) is 3.96. The van der Waals surface area contributed by atoms with E-state index in [1.54, 1.807) is 0 Å². The van der Waals surface area contributed by atoms with Gasteiger partial charge in [0.2, 0.25) is 5.79 Å². The molecule has 9 atom stereocenters. The van der Waals surface area contributed by atoms with Crippen LogP contribution >= 0.6 is 34.8 Å². The Kier molecular flexibility index (Phi) is 6.77. The van der Waals surface area contributed by atoms with Crippen molar-refractivity contribution in [1.29, 1.82) is 0 Å². The molecule has 0 aromatic heterocycles. The molecule has 0 radical (unpaired) electrons. The van der Waals surface area contributed by atoms with E-state index in [2.05, 4.69) is 0 Å². The second kappa shape index (κ2) is 7.84. The Bertz CT molecular complexity index is 403. The van der Waals surface area contributed by atoms with Gasteiger partial charge in [0.15, 0.2) is 6.29 Å². The Morgan fingerprint density at radius 3 is 2.13 bits per heavy atom. The molecule has 2 aliphatic rings. The van der Waals surface area contributed by atoms with Crippen LogP contribution in [0, 0.1) is 0 Å². The van der Waals surface area contributed by atoms with E-state index >= 15 is 0 Å². The highest BCUT2D eigenvalue weighted by molar-refractivity contribution is 6.21. The highest BCUT2D eigenvalue weighted by Gasteiger charge is 2.58. The van der Waals surface area contributed by atoms with Gasteiger partial charge in [0.1, 0.15) is 36.6 Å². The Hall–Kier alpha value is 0.550. The van der Waals surface area contributed by atoms with E-state index in [-0.39, 0.29) is 5.88 Å². The topological polar surface area (TPSA) is 129 Å². The van der Waals surface area contributed by atoms with E-state index in [1.807, 2.05) is 0 Å². The summed E-state index contributed by atoms with van der Waals surface area (Å²) in [4.78, 5) is 0. The molecule has 0 spiro atoms. The molecule has 0 saturated carbocycles. The number of halogens is 3. The molecule has 0 amide bonds. The predicted molar refractivity (Wildman–Crippen MR) is 79.5 cm³/mol. The number of aliphatic hydroxyl groups excluding tert-OH is 5. The van der Waals surface area contributed by atoms with E-state index in [0.717, 1.165) is 0 Å². The Balaban J connectivity index is 2.18. The molecular weight excluding hydrogens is 378 g/mol. The molecule has 0 aromatic rings. The molecule has 11 heteroatoms. The molecule has 23 heavy (non-hydrogen) atoms. The van der Waals surface area contributed by atoms with Crippen LogP contribution in [0.3, 0.4) is 0 Å². The molecule has 0 aromatic carbocycles. The Labute approximate surface area is 147 Å². The van der Waals surface area contributed by atoms with Crippen LogP contribution in [0.1, 0.15) is 0 Å². The van der Waals surface area contributed by atoms with Crippen LogP contribution in [0.4, 0.5) is 0 Å². The lowest BCUT2D eigenvalue weighted by Crippen LogP contribution is -2.61. The van der Waals surface area contributed by atoms with Gasteiger partial charge in [-0.05, 0) is 0 Å². The summed E-state index contributed by atoms with van der Waals surface area (Å²) in [6.07, 6.45) is -9.39. The molecule has 1 unspecified atom stereocenters. The molecule has 2 aliphatic heterocycles. The van der Waals surface area contributed by atoms with Crippen molar-refractivity contribution >= 4 is 34.8 Å². The summed E-state index contributed by atoms with van der Waals surface area (Å²) in [5.74, 6) is -2.43. The second-order valence-corrected chi connectivity index (χ2v) is 6.54. The van der Waals surface area contributed by atoms with Gasteiger partial charge in [0, 0.05) is 0 Å². The fourth-order valence-corrected chi connectivity index (χ4v) is 3.37. The smallest absolute Gasteiger partial charge is 0.214 e. The number of alkyl halides is 3. The lowest BCUT2D eigenvalue weighted by molar-refractivity contribution is -0.357. The summed E-state index contributed by atoms with van der Waals surface area (Å²) in [5, 5.41) is 48.1. The average Bonchev–Trinajstić information content (AvgIpc) is 2.80. The fraction of sp³-hybridized carbons (Fsp3) is 1.00. The van der Waals surface area contributed by atoms with Crippen molar-refractivity contribution < 1.29 is 39.7 Å². The van der Waals surface area contributed by atoms with Gasteiger partial charge in [-0.1, -0.05) is 0 Å². The normalized spacial score (nSPS) is 51.1. The van der Waals surface area contributed by atoms with Gasteiger partial charge in [-0.15, -0.1) is 34.8 Å². The van der Waals surface area contributed by atoms with Crippen molar-refractivity contribution in [2.24, 2.45) is 0 Å². The van der Waals surface area contributed by atoms with Crippen LogP contribution in [0.15, 0.2) is 0 Å². The van der Waals surface area contributed by atoms with Crippen molar-refractivity contribution in [1.82, 2.24) is 0 Å². The zero-order valence-electron chi connectivity index (χ0n) is 11.8. The third kappa shape index (κ3) is 3.58. The minimum atomic E-state index is -1.90. The zero-order chi connectivity index (χ0) is 17.4. The highest BCUT2D eigenvalue weighted by Crippen LogP contribution is 2.37. The molecule has 5 N–H and O–H groups in total. The van der Waals surface area contributed by atoms with Gasteiger partial charge in [0.05, 0.1) is 23.7 Å². The van der Waals surface area contributed by atoms with Crippen LogP contribution < -0.4 is 0 Å². The highest BCUT2D eigenvalue weighted by atomic mass is 35.5. The maximum Gasteiger partial charge on any atom is 0.214 e. The maximum absolute atomic E-state index is 10.1. The first kappa shape index (κ1) is 19.9. The van der Waals surface area contributed by atoms with Crippen molar-refractivity contribution in [3.63, 3.8) is 0 Å². The number of aliphatic hydroxyl groups is 5. The Morgan fingerprint density at radius 1 is 1.00 bits per heavy atom. The molecule has 136 valence electrons. The largest absolute Gasteiger partial charge is 0.394 e. The molecule has 2 fully saturated rings. The number of ether oxygens (including phenoxy) is 3. The van der Waals surface area contributed by atoms with Crippen molar-refractivity contribution in [3.05, 3.63) is 0 Å². The quantitative estimate of drug-likeness (QED) is 0.349. The van der Waals surface area contributed by atoms with Gasteiger partial charge in [-0.25, -0.2) is 0 Å². The van der Waals surface area contributed by atoms with E-state index in [1.165, 1.54) is 0 Å². The lowest BCUT2D eigenvalue weighted by Gasteiger charge is -2.43. The summed E-state index contributed by atoms with van der Waals surface area (Å²) >= 11 is 17.3. The first-order valence-electron chi connectivity index (χ1n) is 6.91. The first-order chi connectivity index (χ1) is 10.8. The summed E-state index contributed by atoms with van der Waals surface area (Å²) in [5.41, 5.74) is 0. The van der Waals surface area contributed by atoms with Gasteiger partial charge in [-0.2, -0.15) is 0 Å². The van der Waals surface area contributed by atoms with Crippen molar-refractivity contribution in [3.8, 4) is 0 Å². The molecule has 2 heterocycles.